The average molecular weight is 290 g/mol. The summed E-state index contributed by atoms with van der Waals surface area (Å²) in [5, 5.41) is 0. The lowest BCUT2D eigenvalue weighted by Gasteiger charge is -2.22. The molecule has 0 bridgehead atoms. The van der Waals surface area contributed by atoms with Crippen LogP contribution < -0.4 is 4.74 Å². The van der Waals surface area contributed by atoms with Gasteiger partial charge in [-0.3, -0.25) is 0 Å². The van der Waals surface area contributed by atoms with Crippen molar-refractivity contribution in [1.29, 1.82) is 0 Å². The molecule has 1 rings (SSSR count). The smallest absolute Gasteiger partial charge is 0.145 e. The van der Waals surface area contributed by atoms with Crippen molar-refractivity contribution in [2.75, 3.05) is 6.61 Å². The normalized spacial score (nSPS) is 11.2. The molecule has 0 saturated carbocycles. The zero-order valence-corrected chi connectivity index (χ0v) is 14.1. The maximum Gasteiger partial charge on any atom is 0.145 e. The predicted molar refractivity (Wildman–Crippen MR) is 89.8 cm³/mol. The van der Waals surface area contributed by atoms with Crippen LogP contribution in [0.5, 0.6) is 5.75 Å². The highest BCUT2D eigenvalue weighted by Gasteiger charge is 2.12. The molecule has 1 aromatic carbocycles. The van der Waals surface area contributed by atoms with Crippen molar-refractivity contribution >= 4 is 0 Å². The molecule has 0 atom stereocenters. The van der Waals surface area contributed by atoms with Gasteiger partial charge in [0.15, 0.2) is 0 Å². The Morgan fingerprint density at radius 2 is 1.71 bits per heavy atom. The molecular weight excluding hydrogens is 260 g/mol. The predicted octanol–water partition coefficient (Wildman–Crippen LogP) is 5.52. The first-order valence-corrected chi connectivity index (χ1v) is 7.99. The van der Waals surface area contributed by atoms with Crippen molar-refractivity contribution < 1.29 is 9.47 Å². The Labute approximate surface area is 130 Å². The molecule has 0 saturated heterocycles. The average Bonchev–Trinajstić information content (AvgIpc) is 2.41. The third kappa shape index (κ3) is 8.44. The van der Waals surface area contributed by atoms with Crippen LogP contribution in [0.2, 0.25) is 0 Å². The number of hydrogen-bond acceptors (Lipinski definition) is 2. The summed E-state index contributed by atoms with van der Waals surface area (Å²) in [6.45, 7) is 12.5. The van der Waals surface area contributed by atoms with Crippen LogP contribution in [0.1, 0.15) is 58.9 Å². The molecule has 2 nitrogen and oxygen atoms in total. The third-order valence-electron chi connectivity index (χ3n) is 3.09. The Bertz CT molecular complexity index is 412. The van der Waals surface area contributed by atoms with E-state index in [-0.39, 0.29) is 5.60 Å². The molecule has 0 N–H and O–H groups in total. The van der Waals surface area contributed by atoms with E-state index >= 15 is 0 Å². The molecule has 0 radical (unpaired) electrons. The molecule has 0 aliphatic heterocycles. The van der Waals surface area contributed by atoms with Crippen LogP contribution >= 0.6 is 0 Å². The molecule has 0 aromatic heterocycles. The van der Waals surface area contributed by atoms with Crippen molar-refractivity contribution in [2.45, 2.75) is 65.4 Å². The Hall–Kier alpha value is -1.44. The van der Waals surface area contributed by atoms with Gasteiger partial charge in [-0.2, -0.15) is 0 Å². The Balaban J connectivity index is 2.32. The van der Waals surface area contributed by atoms with Gasteiger partial charge in [0.1, 0.15) is 23.7 Å². The van der Waals surface area contributed by atoms with Crippen LogP contribution in [0.25, 0.3) is 0 Å². The van der Waals surface area contributed by atoms with Gasteiger partial charge >= 0.3 is 0 Å². The second kappa shape index (κ2) is 8.76. The van der Waals surface area contributed by atoms with E-state index in [2.05, 4.69) is 25.6 Å². The van der Waals surface area contributed by atoms with Gasteiger partial charge in [0.05, 0.1) is 0 Å². The highest BCUT2D eigenvalue weighted by Crippen LogP contribution is 2.17. The molecule has 0 unspecified atom stereocenters. The molecule has 2 heteroatoms. The van der Waals surface area contributed by atoms with Crippen molar-refractivity contribution in [3.05, 3.63) is 42.2 Å². The molecule has 118 valence electrons. The van der Waals surface area contributed by atoms with E-state index in [1.165, 1.54) is 31.2 Å². The summed E-state index contributed by atoms with van der Waals surface area (Å²) in [5.74, 6) is 1.53. The number of aryl methyl sites for hydroxylation is 1. The minimum Gasteiger partial charge on any atom is -0.489 e. The summed E-state index contributed by atoms with van der Waals surface area (Å²) < 4.78 is 11.3. The monoisotopic (exact) mass is 290 g/mol. The Kier molecular flexibility index (Phi) is 7.35. The van der Waals surface area contributed by atoms with Crippen molar-refractivity contribution in [1.82, 2.24) is 0 Å². The maximum atomic E-state index is 5.69. The standard InChI is InChI=1S/C19H30O2/c1-6-7-8-9-10-17-11-13-18(14-12-17)20-15-16(2)21-19(3,4)5/h11-14H,2,6-10,15H2,1,3-5H3. The van der Waals surface area contributed by atoms with Crippen LogP contribution in [0.15, 0.2) is 36.6 Å². The minimum absolute atomic E-state index is 0.219. The molecule has 0 aliphatic carbocycles. The second-order valence-corrected chi connectivity index (χ2v) is 6.50. The van der Waals surface area contributed by atoms with Crippen LogP contribution in [0, 0.1) is 0 Å². The van der Waals surface area contributed by atoms with Crippen molar-refractivity contribution in [3.63, 3.8) is 0 Å². The first-order valence-electron chi connectivity index (χ1n) is 7.99. The van der Waals surface area contributed by atoms with Gasteiger partial charge in [0.25, 0.3) is 0 Å². The van der Waals surface area contributed by atoms with E-state index in [0.717, 1.165) is 12.2 Å². The summed E-state index contributed by atoms with van der Waals surface area (Å²) in [6.07, 6.45) is 6.35. The van der Waals surface area contributed by atoms with E-state index in [9.17, 15) is 0 Å². The lowest BCUT2D eigenvalue weighted by atomic mass is 10.1. The zero-order valence-electron chi connectivity index (χ0n) is 14.1. The minimum atomic E-state index is -0.219. The second-order valence-electron chi connectivity index (χ2n) is 6.50. The Morgan fingerprint density at radius 3 is 2.29 bits per heavy atom. The molecule has 0 spiro atoms. The van der Waals surface area contributed by atoms with E-state index < -0.39 is 0 Å². The summed E-state index contributed by atoms with van der Waals surface area (Å²) in [6, 6.07) is 8.35. The van der Waals surface area contributed by atoms with Crippen LogP contribution in [0.3, 0.4) is 0 Å². The van der Waals surface area contributed by atoms with E-state index in [1.807, 2.05) is 32.9 Å². The van der Waals surface area contributed by atoms with E-state index in [1.54, 1.807) is 0 Å². The molecule has 1 aromatic rings. The summed E-state index contributed by atoms with van der Waals surface area (Å²) >= 11 is 0. The van der Waals surface area contributed by atoms with Gasteiger partial charge in [-0.25, -0.2) is 0 Å². The molecule has 0 aliphatic rings. The van der Waals surface area contributed by atoms with Crippen LogP contribution in [0.4, 0.5) is 0 Å². The maximum absolute atomic E-state index is 5.69. The quantitative estimate of drug-likeness (QED) is 0.440. The van der Waals surface area contributed by atoms with Crippen LogP contribution in [-0.4, -0.2) is 12.2 Å². The number of hydrogen-bond donors (Lipinski definition) is 0. The fourth-order valence-corrected chi connectivity index (χ4v) is 2.13. The van der Waals surface area contributed by atoms with Gasteiger partial charge in [0.2, 0.25) is 0 Å². The molecule has 21 heavy (non-hydrogen) atoms. The lowest BCUT2D eigenvalue weighted by Crippen LogP contribution is -2.20. The van der Waals surface area contributed by atoms with Crippen LogP contribution in [-0.2, 0) is 11.2 Å². The Morgan fingerprint density at radius 1 is 1.05 bits per heavy atom. The van der Waals surface area contributed by atoms with Gasteiger partial charge in [-0.05, 0) is 51.3 Å². The number of unbranched alkanes of at least 4 members (excludes halogenated alkanes) is 3. The van der Waals surface area contributed by atoms with Gasteiger partial charge in [0, 0.05) is 0 Å². The number of rotatable bonds is 9. The number of ether oxygens (including phenoxy) is 2. The molecular formula is C19H30O2. The number of benzene rings is 1. The summed E-state index contributed by atoms with van der Waals surface area (Å²) in [5.41, 5.74) is 1.16. The third-order valence-corrected chi connectivity index (χ3v) is 3.09. The van der Waals surface area contributed by atoms with Crippen molar-refractivity contribution in [2.24, 2.45) is 0 Å². The molecule has 0 amide bonds. The highest BCUT2D eigenvalue weighted by atomic mass is 16.5. The fourth-order valence-electron chi connectivity index (χ4n) is 2.13. The van der Waals surface area contributed by atoms with Crippen molar-refractivity contribution in [3.8, 4) is 5.75 Å². The largest absolute Gasteiger partial charge is 0.489 e. The molecule has 0 fully saturated rings. The first-order chi connectivity index (χ1) is 9.90. The van der Waals surface area contributed by atoms with E-state index in [4.69, 9.17) is 9.47 Å². The van der Waals surface area contributed by atoms with Gasteiger partial charge in [-0.1, -0.05) is 44.9 Å². The zero-order chi connectivity index (χ0) is 15.7. The van der Waals surface area contributed by atoms with E-state index in [0.29, 0.717) is 12.4 Å². The first kappa shape index (κ1) is 17.6. The molecule has 0 heterocycles. The lowest BCUT2D eigenvalue weighted by molar-refractivity contribution is 0.0374. The summed E-state index contributed by atoms with van der Waals surface area (Å²) in [7, 11) is 0. The van der Waals surface area contributed by atoms with Gasteiger partial charge in [-0.15, -0.1) is 0 Å². The highest BCUT2D eigenvalue weighted by molar-refractivity contribution is 5.27. The summed E-state index contributed by atoms with van der Waals surface area (Å²) in [4.78, 5) is 0. The topological polar surface area (TPSA) is 18.5 Å². The SMILES string of the molecule is C=C(COc1ccc(CCCCCC)cc1)OC(C)(C)C. The fraction of sp³-hybridized carbons (Fsp3) is 0.579. The van der Waals surface area contributed by atoms with Gasteiger partial charge < -0.3 is 9.47 Å².